The van der Waals surface area contributed by atoms with E-state index in [1.54, 1.807) is 45.0 Å². The fourth-order valence-electron chi connectivity index (χ4n) is 6.41. The minimum absolute atomic E-state index is 0.00175. The van der Waals surface area contributed by atoms with E-state index in [1.165, 1.54) is 31.0 Å². The minimum atomic E-state index is -5.12. The van der Waals surface area contributed by atoms with Gasteiger partial charge in [-0.2, -0.15) is 5.10 Å². The molecule has 20 heteroatoms. The highest BCUT2D eigenvalue weighted by Gasteiger charge is 2.33. The van der Waals surface area contributed by atoms with E-state index in [-0.39, 0.29) is 56.3 Å². The first kappa shape index (κ1) is 42.7. The number of aryl methyl sites for hydroxylation is 1. The Morgan fingerprint density at radius 1 is 0.949 bits per heavy atom. The largest absolute Gasteiger partial charge is 0.573 e. The van der Waals surface area contributed by atoms with Crippen LogP contribution in [0.15, 0.2) is 77.6 Å². The Morgan fingerprint density at radius 2 is 1.59 bits per heavy atom. The number of nitrogens with zero attached hydrogens (tertiary/aromatic N) is 5. The van der Waals surface area contributed by atoms with Crippen LogP contribution in [0.1, 0.15) is 43.8 Å². The van der Waals surface area contributed by atoms with Gasteiger partial charge in [-0.05, 0) is 86.5 Å². The molecule has 0 saturated carbocycles. The number of sulfonamides is 1. The molecule has 6 aromatic rings. The summed E-state index contributed by atoms with van der Waals surface area (Å²) >= 11 is 6.80. The van der Waals surface area contributed by atoms with Crippen molar-refractivity contribution >= 4 is 55.3 Å². The van der Waals surface area contributed by atoms with Crippen molar-refractivity contribution in [3.8, 4) is 17.2 Å². The van der Waals surface area contributed by atoms with Gasteiger partial charge in [0.25, 0.3) is 5.56 Å². The van der Waals surface area contributed by atoms with Crippen LogP contribution in [0.2, 0.25) is 5.02 Å². The third kappa shape index (κ3) is 9.68. The van der Waals surface area contributed by atoms with Gasteiger partial charge in [0, 0.05) is 19.5 Å². The molecule has 0 saturated heterocycles. The summed E-state index contributed by atoms with van der Waals surface area (Å²) < 4.78 is 114. The fraction of sp³-hybridized carbons (Fsp3) is 0.282. The molecular formula is C39H36ClF5N6O7S. The first-order valence-electron chi connectivity index (χ1n) is 17.5. The lowest BCUT2D eigenvalue weighted by Crippen LogP contribution is -2.39. The molecule has 0 fully saturated rings. The van der Waals surface area contributed by atoms with E-state index in [9.17, 15) is 40.0 Å². The van der Waals surface area contributed by atoms with Crippen LogP contribution in [0.5, 0.6) is 11.5 Å². The first-order chi connectivity index (χ1) is 27.5. The number of anilines is 1. The zero-order chi connectivity index (χ0) is 43.2. The van der Waals surface area contributed by atoms with Gasteiger partial charge in [0.1, 0.15) is 34.6 Å². The number of hydrogen-bond donors (Lipinski definition) is 1. The van der Waals surface area contributed by atoms with Crippen LogP contribution in [0.25, 0.3) is 27.5 Å². The second-order valence-corrected chi connectivity index (χ2v) is 16.7. The predicted octanol–water partition coefficient (Wildman–Crippen LogP) is 7.89. The van der Waals surface area contributed by atoms with E-state index in [0.29, 0.717) is 17.4 Å². The Hall–Kier alpha value is -5.95. The summed E-state index contributed by atoms with van der Waals surface area (Å²) in [5.41, 5.74) is -1.61. The number of methoxy groups -OCH3 is 1. The highest BCUT2D eigenvalue weighted by atomic mass is 35.5. The van der Waals surface area contributed by atoms with Crippen molar-refractivity contribution in [2.24, 2.45) is 7.05 Å². The number of amides is 1. The van der Waals surface area contributed by atoms with E-state index < -0.39 is 63.5 Å². The molecule has 1 amide bonds. The van der Waals surface area contributed by atoms with E-state index in [0.717, 1.165) is 45.5 Å². The maximum absolute atomic E-state index is 14.8. The molecule has 1 N–H and O–H groups in total. The van der Waals surface area contributed by atoms with Gasteiger partial charge in [-0.3, -0.25) is 14.0 Å². The van der Waals surface area contributed by atoms with Crippen LogP contribution in [-0.2, 0) is 34.8 Å². The second kappa shape index (κ2) is 16.0. The second-order valence-electron chi connectivity index (χ2n) is 14.4. The maximum Gasteiger partial charge on any atom is 0.573 e. The van der Waals surface area contributed by atoms with Gasteiger partial charge in [-0.25, -0.2) is 31.3 Å². The van der Waals surface area contributed by atoms with Gasteiger partial charge in [-0.15, -0.1) is 13.2 Å². The molecule has 0 spiro atoms. The number of hydrogen-bond acceptors (Lipinski definition) is 9. The summed E-state index contributed by atoms with van der Waals surface area (Å²) in [5.74, 6) is -2.51. The SMILES string of the molecule is COc1ccc(CN(c2nn(C)c3c(-n4c([C@H](Cc5cc(F)cc(F)c5)NC(=O)OC(C)(C)C)nc5ccc(OC(F)(F)F)cc5c4=O)ccc(Cl)c23)S(C)(=O)=O)cc1. The summed E-state index contributed by atoms with van der Waals surface area (Å²) in [6, 6.07) is 13.4. The molecular weight excluding hydrogens is 827 g/mol. The summed E-state index contributed by atoms with van der Waals surface area (Å²) in [5, 5.41) is 6.83. The summed E-state index contributed by atoms with van der Waals surface area (Å²) in [7, 11) is -1.17. The van der Waals surface area contributed by atoms with Crippen molar-refractivity contribution < 1.29 is 49.4 Å². The summed E-state index contributed by atoms with van der Waals surface area (Å²) in [6.07, 6.45) is -5.56. The van der Waals surface area contributed by atoms with Crippen LogP contribution >= 0.6 is 11.6 Å². The number of halogens is 6. The molecule has 312 valence electrons. The Labute approximate surface area is 338 Å². The molecule has 0 aliphatic rings. The highest BCUT2D eigenvalue weighted by molar-refractivity contribution is 7.92. The Balaban J connectivity index is 1.65. The number of benzene rings is 4. The van der Waals surface area contributed by atoms with E-state index in [4.69, 9.17) is 21.1 Å². The quantitative estimate of drug-likeness (QED) is 0.129. The molecule has 1 atom stereocenters. The van der Waals surface area contributed by atoms with Gasteiger partial charge in [0.15, 0.2) is 5.82 Å². The molecule has 2 heterocycles. The fourth-order valence-corrected chi connectivity index (χ4v) is 7.47. The number of ether oxygens (including phenoxy) is 3. The zero-order valence-corrected chi connectivity index (χ0v) is 33.8. The summed E-state index contributed by atoms with van der Waals surface area (Å²) in [4.78, 5) is 32.9. The average molecular weight is 863 g/mol. The molecule has 0 radical (unpaired) electrons. The van der Waals surface area contributed by atoms with Crippen molar-refractivity contribution in [1.82, 2.24) is 24.6 Å². The smallest absolute Gasteiger partial charge is 0.497 e. The molecule has 2 aromatic heterocycles. The van der Waals surface area contributed by atoms with Crippen molar-refractivity contribution in [3.63, 3.8) is 0 Å². The van der Waals surface area contributed by atoms with Crippen LogP contribution in [0.4, 0.5) is 32.6 Å². The lowest BCUT2D eigenvalue weighted by Gasteiger charge is -2.26. The van der Waals surface area contributed by atoms with Crippen molar-refractivity contribution in [2.45, 2.75) is 51.7 Å². The lowest BCUT2D eigenvalue weighted by atomic mass is 10.0. The number of carbonyl (C=O) groups is 1. The Bertz CT molecular complexity index is 2730. The average Bonchev–Trinajstić information content (AvgIpc) is 3.46. The third-order valence-corrected chi connectivity index (χ3v) is 10.1. The standard InChI is InChI=1S/C39H36ClF5N6O7S/c1-38(2,3)58-37(53)47-30(17-22-15-23(41)18-24(42)16-22)34-46-29-13-11-26(57-39(43,44)45)19-27(29)36(52)51(34)31-14-12-28(40)32-33(31)49(4)48-35(32)50(59(6,54)55)20-21-7-9-25(56-5)10-8-21/h7-16,18-19,30H,17,20H2,1-6H3,(H,47,53)/t30-/m0/s1. The molecule has 59 heavy (non-hydrogen) atoms. The molecule has 0 aliphatic carbocycles. The predicted molar refractivity (Wildman–Crippen MR) is 209 cm³/mol. The number of alkyl halides is 3. The Kier molecular flexibility index (Phi) is 11.6. The van der Waals surface area contributed by atoms with Crippen LogP contribution in [0, 0.1) is 11.6 Å². The van der Waals surface area contributed by atoms with Crippen molar-refractivity contribution in [3.05, 3.63) is 117 Å². The van der Waals surface area contributed by atoms with E-state index in [2.05, 4.69) is 20.1 Å². The van der Waals surface area contributed by atoms with Crippen molar-refractivity contribution in [2.75, 3.05) is 17.7 Å². The van der Waals surface area contributed by atoms with Gasteiger partial charge in [-0.1, -0.05) is 23.7 Å². The molecule has 0 aliphatic heterocycles. The number of nitrogens with one attached hydrogen (secondary N) is 1. The monoisotopic (exact) mass is 862 g/mol. The summed E-state index contributed by atoms with van der Waals surface area (Å²) in [6.45, 7) is 4.56. The third-order valence-electron chi connectivity index (χ3n) is 8.72. The van der Waals surface area contributed by atoms with E-state index >= 15 is 0 Å². The number of aromatic nitrogens is 4. The van der Waals surface area contributed by atoms with Gasteiger partial charge >= 0.3 is 12.5 Å². The number of carbonyl (C=O) groups excluding carboxylic acids is 1. The normalized spacial score (nSPS) is 12.7. The topological polar surface area (TPSA) is 147 Å². The Morgan fingerprint density at radius 3 is 2.19 bits per heavy atom. The van der Waals surface area contributed by atoms with Crippen LogP contribution in [-0.4, -0.2) is 59.2 Å². The number of fused-ring (bicyclic) bond motifs is 2. The zero-order valence-electron chi connectivity index (χ0n) is 32.2. The lowest BCUT2D eigenvalue weighted by molar-refractivity contribution is -0.274. The van der Waals surface area contributed by atoms with Crippen molar-refractivity contribution in [1.29, 1.82) is 0 Å². The number of rotatable bonds is 11. The molecule has 13 nitrogen and oxygen atoms in total. The molecule has 0 unspecified atom stereocenters. The molecule has 4 aromatic carbocycles. The van der Waals surface area contributed by atoms with Crippen LogP contribution in [0.3, 0.4) is 0 Å². The van der Waals surface area contributed by atoms with E-state index in [1.807, 2.05) is 0 Å². The van der Waals surface area contributed by atoms with Gasteiger partial charge < -0.3 is 19.5 Å². The maximum atomic E-state index is 14.8. The molecule has 0 bridgehead atoms. The number of alkyl carbamates (subject to hydrolysis) is 1. The van der Waals surface area contributed by atoms with Gasteiger partial charge in [0.05, 0.1) is 58.5 Å². The minimum Gasteiger partial charge on any atom is -0.497 e. The first-order valence-corrected chi connectivity index (χ1v) is 19.8. The van der Waals surface area contributed by atoms with Crippen LogP contribution < -0.4 is 24.7 Å². The van der Waals surface area contributed by atoms with Gasteiger partial charge in [0.2, 0.25) is 10.0 Å². The molecule has 6 rings (SSSR count). The highest BCUT2D eigenvalue weighted by Crippen LogP contribution is 2.38.